The average molecular weight is 414 g/mol. The van der Waals surface area contributed by atoms with Gasteiger partial charge in [0.05, 0.1) is 11.6 Å². The first-order valence-electron chi connectivity index (χ1n) is 9.47. The van der Waals surface area contributed by atoms with E-state index in [0.717, 1.165) is 0 Å². The molecule has 8 heteroatoms. The van der Waals surface area contributed by atoms with Gasteiger partial charge in [0.15, 0.2) is 17.8 Å². The number of nitrogens with zero attached hydrogens (tertiary/aromatic N) is 4. The summed E-state index contributed by atoms with van der Waals surface area (Å²) in [6.45, 7) is 1.74. The third-order valence-corrected chi connectivity index (χ3v) is 4.40. The van der Waals surface area contributed by atoms with Crippen LogP contribution < -0.4 is 9.47 Å². The fourth-order valence-electron chi connectivity index (χ4n) is 2.78. The molecule has 0 aliphatic carbocycles. The van der Waals surface area contributed by atoms with E-state index in [1.807, 2.05) is 6.07 Å². The first-order chi connectivity index (χ1) is 15.0. The highest BCUT2D eigenvalue weighted by molar-refractivity contribution is 6.06. The molecule has 0 spiro atoms. The van der Waals surface area contributed by atoms with Gasteiger partial charge in [-0.3, -0.25) is 14.2 Å². The van der Waals surface area contributed by atoms with Crippen molar-refractivity contribution in [1.29, 1.82) is 10.5 Å². The van der Waals surface area contributed by atoms with Crippen LogP contribution in [0.4, 0.5) is 0 Å². The molecule has 31 heavy (non-hydrogen) atoms. The summed E-state index contributed by atoms with van der Waals surface area (Å²) >= 11 is 0. The fraction of sp³-hybridized carbons (Fsp3) is 0.174. The zero-order valence-corrected chi connectivity index (χ0v) is 16.6. The van der Waals surface area contributed by atoms with Gasteiger partial charge in [-0.2, -0.15) is 10.5 Å². The van der Waals surface area contributed by atoms with E-state index in [1.165, 1.54) is 23.2 Å². The Morgan fingerprint density at radius 1 is 1.06 bits per heavy atom. The minimum absolute atomic E-state index is 0.295. The summed E-state index contributed by atoms with van der Waals surface area (Å²) in [7, 11) is 0. The maximum absolute atomic E-state index is 12.8. The molecule has 2 unspecified atom stereocenters. The number of carbonyl (C=O) groups is 2. The minimum Gasteiger partial charge on any atom is -0.483 e. The van der Waals surface area contributed by atoms with Crippen molar-refractivity contribution in [3.63, 3.8) is 0 Å². The molecule has 0 radical (unpaired) electrons. The highest BCUT2D eigenvalue weighted by Gasteiger charge is 2.33. The van der Waals surface area contributed by atoms with E-state index in [1.54, 1.807) is 61.5 Å². The number of nitriles is 2. The topological polar surface area (TPSA) is 118 Å². The monoisotopic (exact) mass is 414 g/mol. The number of hydrogen-bond donors (Lipinski definition) is 0. The molecular formula is C23H18N4O4. The lowest BCUT2D eigenvalue weighted by Gasteiger charge is -2.19. The van der Waals surface area contributed by atoms with Gasteiger partial charge in [-0.25, -0.2) is 4.98 Å². The average Bonchev–Trinajstić information content (AvgIpc) is 3.34. The maximum Gasteiger partial charge on any atom is 0.255 e. The molecular weight excluding hydrogens is 396 g/mol. The van der Waals surface area contributed by atoms with Gasteiger partial charge in [0.2, 0.25) is 5.88 Å². The van der Waals surface area contributed by atoms with E-state index < -0.39 is 23.7 Å². The van der Waals surface area contributed by atoms with E-state index in [4.69, 9.17) is 14.7 Å². The summed E-state index contributed by atoms with van der Waals surface area (Å²) in [6, 6.07) is 16.7. The number of pyridine rings is 1. The fourth-order valence-corrected chi connectivity index (χ4v) is 2.78. The number of Topliss-reactive ketones (excluding diaryl/α,β-unsaturated/α-hetero) is 1. The predicted molar refractivity (Wildman–Crippen MR) is 109 cm³/mol. The molecule has 154 valence electrons. The van der Waals surface area contributed by atoms with Gasteiger partial charge in [0.25, 0.3) is 5.91 Å². The van der Waals surface area contributed by atoms with E-state index >= 15 is 0 Å². The molecule has 0 amide bonds. The van der Waals surface area contributed by atoms with Gasteiger partial charge in [0, 0.05) is 24.7 Å². The molecule has 2 atom stereocenters. The lowest BCUT2D eigenvalue weighted by Crippen LogP contribution is -2.37. The van der Waals surface area contributed by atoms with E-state index in [9.17, 15) is 14.9 Å². The van der Waals surface area contributed by atoms with Crippen LogP contribution in [-0.2, 0) is 4.79 Å². The van der Waals surface area contributed by atoms with E-state index in [0.29, 0.717) is 29.4 Å². The van der Waals surface area contributed by atoms with Gasteiger partial charge in [0.1, 0.15) is 17.6 Å². The highest BCUT2D eigenvalue weighted by atomic mass is 16.5. The third-order valence-electron chi connectivity index (χ3n) is 4.40. The van der Waals surface area contributed by atoms with Gasteiger partial charge in [-0.05, 0) is 48.9 Å². The van der Waals surface area contributed by atoms with Crippen molar-refractivity contribution in [1.82, 2.24) is 9.55 Å². The minimum atomic E-state index is -1.46. The van der Waals surface area contributed by atoms with Crippen molar-refractivity contribution in [2.75, 3.05) is 0 Å². The molecule has 0 aliphatic rings. The molecule has 0 saturated heterocycles. The Morgan fingerprint density at radius 2 is 1.74 bits per heavy atom. The zero-order valence-electron chi connectivity index (χ0n) is 16.6. The molecule has 0 aliphatic heterocycles. The molecule has 0 N–H and O–H groups in total. The van der Waals surface area contributed by atoms with Gasteiger partial charge < -0.3 is 9.47 Å². The Balaban J connectivity index is 1.66. The molecule has 8 nitrogen and oxygen atoms in total. The Morgan fingerprint density at radius 3 is 2.29 bits per heavy atom. The quantitative estimate of drug-likeness (QED) is 0.515. The normalized spacial score (nSPS) is 12.1. The second-order valence-electron chi connectivity index (χ2n) is 6.48. The molecule has 2 aromatic heterocycles. The van der Waals surface area contributed by atoms with Crippen LogP contribution in [0.2, 0.25) is 0 Å². The van der Waals surface area contributed by atoms with Crippen LogP contribution in [-0.4, -0.2) is 27.3 Å². The van der Waals surface area contributed by atoms with Crippen LogP contribution in [0.3, 0.4) is 0 Å². The summed E-state index contributed by atoms with van der Waals surface area (Å²) in [4.78, 5) is 29.2. The number of rotatable bonds is 8. The van der Waals surface area contributed by atoms with Crippen LogP contribution in [0.5, 0.6) is 17.4 Å². The molecule has 0 fully saturated rings. The van der Waals surface area contributed by atoms with Crippen molar-refractivity contribution in [2.45, 2.75) is 19.4 Å². The molecule has 3 aromatic rings. The number of ether oxygens (including phenoxy) is 2. The molecule has 3 rings (SSSR count). The van der Waals surface area contributed by atoms with Gasteiger partial charge in [-0.1, -0.05) is 6.92 Å². The van der Waals surface area contributed by atoms with Crippen molar-refractivity contribution in [3.05, 3.63) is 72.7 Å². The summed E-state index contributed by atoms with van der Waals surface area (Å²) in [5.74, 6) is -1.45. The number of benzene rings is 1. The summed E-state index contributed by atoms with van der Waals surface area (Å²) in [5, 5.41) is 18.2. The predicted octanol–water partition coefficient (Wildman–Crippen LogP) is 3.75. The Labute approximate surface area is 178 Å². The zero-order chi connectivity index (χ0) is 22.2. The summed E-state index contributed by atoms with van der Waals surface area (Å²) in [5.41, 5.74) is 0.428. The van der Waals surface area contributed by atoms with Crippen LogP contribution in [0.1, 0.15) is 23.7 Å². The smallest absolute Gasteiger partial charge is 0.255 e. The van der Waals surface area contributed by atoms with Crippen LogP contribution in [0.25, 0.3) is 0 Å². The number of aromatic nitrogens is 2. The van der Waals surface area contributed by atoms with Gasteiger partial charge >= 0.3 is 0 Å². The Bertz CT molecular complexity index is 1120. The van der Waals surface area contributed by atoms with Crippen LogP contribution in [0.15, 0.2) is 67.1 Å². The standard InChI is InChI=1S/C23H18N4O4/c1-2-20(22(28)19(14-25)23(29)27-11-3-4-12-27)30-17-6-8-18(9-7-17)31-21-10-5-16(13-24)15-26-21/h3-12,15,19-20H,2H2,1H3. The van der Waals surface area contributed by atoms with Crippen molar-refractivity contribution >= 4 is 11.7 Å². The van der Waals surface area contributed by atoms with Crippen molar-refractivity contribution in [3.8, 4) is 29.5 Å². The Hall–Kier alpha value is -4.43. The number of hydrogen-bond acceptors (Lipinski definition) is 7. The maximum atomic E-state index is 12.8. The second kappa shape index (κ2) is 9.86. The SMILES string of the molecule is CCC(Oc1ccc(Oc2ccc(C#N)cn2)cc1)C(=O)C(C#N)C(=O)n1cccc1. The molecule has 0 saturated carbocycles. The lowest BCUT2D eigenvalue weighted by atomic mass is 9.98. The summed E-state index contributed by atoms with van der Waals surface area (Å²) in [6.07, 6.45) is 3.73. The number of carbonyl (C=O) groups excluding carboxylic acids is 2. The largest absolute Gasteiger partial charge is 0.483 e. The second-order valence-corrected chi connectivity index (χ2v) is 6.48. The van der Waals surface area contributed by atoms with Crippen molar-refractivity contribution in [2.24, 2.45) is 5.92 Å². The van der Waals surface area contributed by atoms with Gasteiger partial charge in [-0.15, -0.1) is 0 Å². The lowest BCUT2D eigenvalue weighted by molar-refractivity contribution is -0.127. The molecule has 0 bridgehead atoms. The Kier molecular flexibility index (Phi) is 6.77. The molecule has 2 heterocycles. The van der Waals surface area contributed by atoms with E-state index in [2.05, 4.69) is 4.98 Å². The van der Waals surface area contributed by atoms with Crippen LogP contribution >= 0.6 is 0 Å². The molecule has 1 aromatic carbocycles. The van der Waals surface area contributed by atoms with Crippen LogP contribution in [0, 0.1) is 28.6 Å². The number of ketones is 1. The first kappa shape index (κ1) is 21.3. The first-order valence-corrected chi connectivity index (χ1v) is 9.47. The van der Waals surface area contributed by atoms with E-state index in [-0.39, 0.29) is 0 Å². The third kappa shape index (κ3) is 5.14. The summed E-state index contributed by atoms with van der Waals surface area (Å²) < 4.78 is 12.6. The van der Waals surface area contributed by atoms with Crippen molar-refractivity contribution < 1.29 is 19.1 Å². The highest BCUT2D eigenvalue weighted by Crippen LogP contribution is 2.24.